The van der Waals surface area contributed by atoms with Gasteiger partial charge in [-0.25, -0.2) is 9.97 Å². The summed E-state index contributed by atoms with van der Waals surface area (Å²) in [5.41, 5.74) is 1.23. The molecule has 2 aliphatic rings. The third-order valence-electron chi connectivity index (χ3n) is 4.57. The molecule has 0 saturated heterocycles. The van der Waals surface area contributed by atoms with Gasteiger partial charge in [0, 0.05) is 11.8 Å². The van der Waals surface area contributed by atoms with E-state index in [1.54, 1.807) is 0 Å². The molecule has 2 saturated carbocycles. The van der Waals surface area contributed by atoms with Crippen molar-refractivity contribution in [2.24, 2.45) is 0 Å². The van der Waals surface area contributed by atoms with Gasteiger partial charge in [-0.15, -0.1) is 0 Å². The lowest BCUT2D eigenvalue weighted by Gasteiger charge is -2.22. The molecule has 0 radical (unpaired) electrons. The zero-order valence-electron chi connectivity index (χ0n) is 11.2. The van der Waals surface area contributed by atoms with Crippen LogP contribution in [0.5, 0.6) is 0 Å². The average Bonchev–Trinajstić information content (AvgIpc) is 2.96. The van der Waals surface area contributed by atoms with Crippen LogP contribution in [0.4, 0.5) is 0 Å². The SMILES string of the molecule is Clc1nc(C2CCCCC2)nc(C2CCCC2)c1I. The molecule has 2 aliphatic carbocycles. The Morgan fingerprint density at radius 3 is 2.11 bits per heavy atom. The second-order valence-corrected chi connectivity index (χ2v) is 7.32. The van der Waals surface area contributed by atoms with Crippen molar-refractivity contribution >= 4 is 34.2 Å². The Kier molecular flexibility index (Phi) is 4.62. The van der Waals surface area contributed by atoms with Crippen LogP contribution < -0.4 is 0 Å². The van der Waals surface area contributed by atoms with Gasteiger partial charge in [-0.2, -0.15) is 0 Å². The second-order valence-electron chi connectivity index (χ2n) is 5.89. The molecule has 2 nitrogen and oxygen atoms in total. The molecule has 3 rings (SSSR count). The quantitative estimate of drug-likeness (QED) is 0.496. The van der Waals surface area contributed by atoms with E-state index < -0.39 is 0 Å². The summed E-state index contributed by atoms with van der Waals surface area (Å²) >= 11 is 8.68. The van der Waals surface area contributed by atoms with Crippen LogP contribution in [-0.2, 0) is 0 Å². The number of halogens is 2. The van der Waals surface area contributed by atoms with Crippen molar-refractivity contribution in [1.82, 2.24) is 9.97 Å². The molecule has 1 aromatic heterocycles. The van der Waals surface area contributed by atoms with Gasteiger partial charge in [0.15, 0.2) is 0 Å². The summed E-state index contributed by atoms with van der Waals surface area (Å²) in [4.78, 5) is 9.51. The number of hydrogen-bond donors (Lipinski definition) is 0. The van der Waals surface area contributed by atoms with Crippen LogP contribution in [0, 0.1) is 3.57 Å². The first-order chi connectivity index (χ1) is 9.25. The van der Waals surface area contributed by atoms with Gasteiger partial charge in [-0.05, 0) is 48.3 Å². The van der Waals surface area contributed by atoms with Crippen LogP contribution >= 0.6 is 34.2 Å². The van der Waals surface area contributed by atoms with Gasteiger partial charge in [0.25, 0.3) is 0 Å². The highest BCUT2D eigenvalue weighted by molar-refractivity contribution is 14.1. The fraction of sp³-hybridized carbons (Fsp3) is 0.733. The fourth-order valence-corrected chi connectivity index (χ4v) is 4.33. The third kappa shape index (κ3) is 3.07. The zero-order valence-corrected chi connectivity index (χ0v) is 14.1. The molecule has 1 aromatic rings. The van der Waals surface area contributed by atoms with Crippen molar-refractivity contribution in [3.63, 3.8) is 0 Å². The van der Waals surface area contributed by atoms with Gasteiger partial charge in [0.1, 0.15) is 11.0 Å². The van der Waals surface area contributed by atoms with E-state index in [4.69, 9.17) is 16.6 Å². The lowest BCUT2D eigenvalue weighted by molar-refractivity contribution is 0.426. The van der Waals surface area contributed by atoms with E-state index in [-0.39, 0.29) is 0 Å². The summed E-state index contributed by atoms with van der Waals surface area (Å²) in [7, 11) is 0. The van der Waals surface area contributed by atoms with Crippen LogP contribution in [0.15, 0.2) is 0 Å². The molecule has 4 heteroatoms. The summed E-state index contributed by atoms with van der Waals surface area (Å²) in [5.74, 6) is 2.19. The van der Waals surface area contributed by atoms with Crippen molar-refractivity contribution in [3.8, 4) is 0 Å². The largest absolute Gasteiger partial charge is 0.236 e. The number of rotatable bonds is 2. The Labute approximate surface area is 133 Å². The Morgan fingerprint density at radius 2 is 1.42 bits per heavy atom. The number of hydrogen-bond acceptors (Lipinski definition) is 2. The Bertz CT molecular complexity index is 452. The first-order valence-electron chi connectivity index (χ1n) is 7.48. The predicted molar refractivity (Wildman–Crippen MR) is 86.8 cm³/mol. The second kappa shape index (κ2) is 6.25. The zero-order chi connectivity index (χ0) is 13.2. The normalized spacial score (nSPS) is 22.0. The Balaban J connectivity index is 1.92. The van der Waals surface area contributed by atoms with E-state index in [9.17, 15) is 0 Å². The van der Waals surface area contributed by atoms with Crippen molar-refractivity contribution < 1.29 is 0 Å². The highest BCUT2D eigenvalue weighted by Gasteiger charge is 2.26. The molecule has 0 amide bonds. The minimum atomic E-state index is 0.545. The lowest BCUT2D eigenvalue weighted by Crippen LogP contribution is -2.13. The van der Waals surface area contributed by atoms with Crippen LogP contribution in [0.1, 0.15) is 81.1 Å². The maximum atomic E-state index is 6.36. The summed E-state index contributed by atoms with van der Waals surface area (Å²) in [6, 6.07) is 0. The summed E-state index contributed by atoms with van der Waals surface area (Å²) in [6.45, 7) is 0. The Hall–Kier alpha value is 0.100. The number of aromatic nitrogens is 2. The summed E-state index contributed by atoms with van der Waals surface area (Å²) in [6.07, 6.45) is 11.7. The minimum absolute atomic E-state index is 0.545. The molecule has 104 valence electrons. The molecule has 0 N–H and O–H groups in total. The van der Waals surface area contributed by atoms with Crippen molar-refractivity contribution in [3.05, 3.63) is 20.2 Å². The van der Waals surface area contributed by atoms with E-state index in [1.807, 2.05) is 0 Å². The molecular formula is C15H20ClIN2. The molecule has 0 aliphatic heterocycles. The highest BCUT2D eigenvalue weighted by atomic mass is 127. The van der Waals surface area contributed by atoms with Crippen LogP contribution in [0.3, 0.4) is 0 Å². The Morgan fingerprint density at radius 1 is 0.842 bits per heavy atom. The standard InChI is InChI=1S/C15H20ClIN2/c16-14-12(17)13(10-6-4-5-7-10)18-15(19-14)11-8-2-1-3-9-11/h10-11H,1-9H2. The first kappa shape index (κ1) is 14.1. The van der Waals surface area contributed by atoms with Crippen molar-refractivity contribution in [2.45, 2.75) is 69.6 Å². The molecule has 1 heterocycles. The average molecular weight is 391 g/mol. The first-order valence-corrected chi connectivity index (χ1v) is 8.94. The minimum Gasteiger partial charge on any atom is -0.236 e. The lowest BCUT2D eigenvalue weighted by atomic mass is 9.88. The smallest absolute Gasteiger partial charge is 0.146 e. The molecular weight excluding hydrogens is 371 g/mol. The van der Waals surface area contributed by atoms with E-state index in [1.165, 1.54) is 63.5 Å². The molecule has 0 spiro atoms. The highest BCUT2D eigenvalue weighted by Crippen LogP contribution is 2.39. The monoisotopic (exact) mass is 390 g/mol. The van der Waals surface area contributed by atoms with Gasteiger partial charge in [0.2, 0.25) is 0 Å². The van der Waals surface area contributed by atoms with E-state index in [2.05, 4.69) is 27.6 Å². The van der Waals surface area contributed by atoms with Crippen molar-refractivity contribution in [2.75, 3.05) is 0 Å². The molecule has 0 atom stereocenters. The van der Waals surface area contributed by atoms with Crippen LogP contribution in [-0.4, -0.2) is 9.97 Å². The predicted octanol–water partition coefficient (Wildman–Crippen LogP) is 5.44. The van der Waals surface area contributed by atoms with E-state index in [0.29, 0.717) is 17.0 Å². The van der Waals surface area contributed by atoms with Crippen molar-refractivity contribution in [1.29, 1.82) is 0 Å². The van der Waals surface area contributed by atoms with Gasteiger partial charge < -0.3 is 0 Å². The number of nitrogens with zero attached hydrogens (tertiary/aromatic N) is 2. The van der Waals surface area contributed by atoms with Gasteiger partial charge in [0.05, 0.1) is 9.26 Å². The fourth-order valence-electron chi connectivity index (χ4n) is 3.47. The molecule has 0 unspecified atom stereocenters. The topological polar surface area (TPSA) is 25.8 Å². The molecule has 19 heavy (non-hydrogen) atoms. The maximum absolute atomic E-state index is 6.36. The van der Waals surface area contributed by atoms with E-state index in [0.717, 1.165) is 9.39 Å². The van der Waals surface area contributed by atoms with Gasteiger partial charge in [-0.1, -0.05) is 43.7 Å². The maximum Gasteiger partial charge on any atom is 0.146 e. The summed E-state index contributed by atoms with van der Waals surface area (Å²) < 4.78 is 1.09. The summed E-state index contributed by atoms with van der Waals surface area (Å²) in [5, 5.41) is 0.679. The third-order valence-corrected chi connectivity index (χ3v) is 6.22. The van der Waals surface area contributed by atoms with Gasteiger partial charge in [-0.3, -0.25) is 0 Å². The van der Waals surface area contributed by atoms with Crippen LogP contribution in [0.2, 0.25) is 5.15 Å². The molecule has 0 bridgehead atoms. The molecule has 0 aromatic carbocycles. The van der Waals surface area contributed by atoms with Gasteiger partial charge >= 0.3 is 0 Å². The van der Waals surface area contributed by atoms with E-state index >= 15 is 0 Å². The van der Waals surface area contributed by atoms with Crippen LogP contribution in [0.25, 0.3) is 0 Å². The molecule has 2 fully saturated rings.